The first-order chi connectivity index (χ1) is 17.5. The highest BCUT2D eigenvalue weighted by atomic mass is 19.3. The second kappa shape index (κ2) is 8.33. The molecule has 0 radical (unpaired) electrons. The van der Waals surface area contributed by atoms with Crippen LogP contribution in [0.4, 0.5) is 35.0 Å². The van der Waals surface area contributed by atoms with Crippen molar-refractivity contribution in [2.24, 2.45) is 0 Å². The Hall–Kier alpha value is -3.35. The minimum atomic E-state index is -2.78. The van der Waals surface area contributed by atoms with E-state index in [0.29, 0.717) is 18.5 Å². The molecule has 0 bridgehead atoms. The summed E-state index contributed by atoms with van der Waals surface area (Å²) in [5.41, 5.74) is 6.82. The van der Waals surface area contributed by atoms with Gasteiger partial charge in [0.25, 0.3) is 5.92 Å². The molecule has 196 valence electrons. The van der Waals surface area contributed by atoms with Crippen LogP contribution in [-0.4, -0.2) is 59.1 Å². The lowest BCUT2D eigenvalue weighted by Gasteiger charge is -2.47. The fourth-order valence-corrected chi connectivity index (χ4v) is 5.95. The molecule has 3 aliphatic rings. The molecule has 2 atom stereocenters. The summed E-state index contributed by atoms with van der Waals surface area (Å²) in [6, 6.07) is 2.59. The molecule has 1 aliphatic carbocycles. The lowest BCUT2D eigenvalue weighted by Crippen LogP contribution is -2.52. The monoisotopic (exact) mass is 517 g/mol. The maximum absolute atomic E-state index is 15.2. The van der Waals surface area contributed by atoms with E-state index >= 15 is 8.78 Å². The number of fused-ring (bicyclic) bond motifs is 1. The van der Waals surface area contributed by atoms with E-state index in [-0.39, 0.29) is 42.0 Å². The Bertz CT molecular complexity index is 1340. The van der Waals surface area contributed by atoms with Crippen LogP contribution in [0.2, 0.25) is 0 Å². The van der Waals surface area contributed by atoms with Crippen molar-refractivity contribution in [3.05, 3.63) is 41.4 Å². The molecule has 2 saturated heterocycles. The molecule has 4 heterocycles. The molecule has 1 aromatic carbocycles. The standard InChI is InChI=1S/C24H27F4N9/c1-23(2)8-13(5-14-9-24(27,28)10-36(14)23)20-19(26)21(29)33-22(32-20)31-17-7-18(37-11-30-34-35-37)15(6-16(17)25)12-3-4-12/h6-7,11-14H,3-5,8-10H2,1-2H3,(H3,29,31,32,33)/t13-,14-/m1/s1. The van der Waals surface area contributed by atoms with Gasteiger partial charge in [-0.1, -0.05) is 0 Å². The van der Waals surface area contributed by atoms with Gasteiger partial charge in [0.15, 0.2) is 11.6 Å². The van der Waals surface area contributed by atoms with Gasteiger partial charge in [-0.05, 0) is 73.6 Å². The zero-order valence-corrected chi connectivity index (χ0v) is 20.4. The predicted octanol–water partition coefficient (Wildman–Crippen LogP) is 4.30. The minimum absolute atomic E-state index is 0.0497. The van der Waals surface area contributed by atoms with Crippen LogP contribution in [0, 0.1) is 11.6 Å². The number of rotatable bonds is 5. The van der Waals surface area contributed by atoms with Gasteiger partial charge in [-0.2, -0.15) is 4.98 Å². The van der Waals surface area contributed by atoms with E-state index in [2.05, 4.69) is 30.8 Å². The number of aromatic nitrogens is 6. The molecule has 1 saturated carbocycles. The smallest absolute Gasteiger partial charge is 0.262 e. The third-order valence-corrected chi connectivity index (χ3v) is 7.72. The number of benzene rings is 1. The fraction of sp³-hybridized carbons (Fsp3) is 0.542. The van der Waals surface area contributed by atoms with Crippen LogP contribution in [0.25, 0.3) is 5.69 Å². The van der Waals surface area contributed by atoms with Crippen LogP contribution < -0.4 is 11.1 Å². The molecule has 2 aliphatic heterocycles. The van der Waals surface area contributed by atoms with Crippen molar-refractivity contribution in [2.75, 3.05) is 17.6 Å². The average molecular weight is 518 g/mol. The molecule has 3 aromatic rings. The van der Waals surface area contributed by atoms with Crippen LogP contribution in [-0.2, 0) is 0 Å². The lowest BCUT2D eigenvalue weighted by molar-refractivity contribution is -0.00821. The second-order valence-corrected chi connectivity index (χ2v) is 11.0. The van der Waals surface area contributed by atoms with Crippen molar-refractivity contribution in [3.8, 4) is 5.69 Å². The van der Waals surface area contributed by atoms with Crippen molar-refractivity contribution in [2.45, 2.75) is 75.3 Å². The molecule has 9 nitrogen and oxygen atoms in total. The molecule has 3 N–H and O–H groups in total. The van der Waals surface area contributed by atoms with Crippen molar-refractivity contribution in [1.29, 1.82) is 0 Å². The number of tetrazole rings is 1. The highest BCUT2D eigenvalue weighted by molar-refractivity contribution is 5.62. The van der Waals surface area contributed by atoms with E-state index in [1.807, 2.05) is 18.7 Å². The van der Waals surface area contributed by atoms with Gasteiger partial charge in [0.05, 0.1) is 23.6 Å². The van der Waals surface area contributed by atoms with Crippen molar-refractivity contribution in [1.82, 2.24) is 35.1 Å². The van der Waals surface area contributed by atoms with Crippen molar-refractivity contribution in [3.63, 3.8) is 0 Å². The number of hydrogen-bond acceptors (Lipinski definition) is 8. The van der Waals surface area contributed by atoms with Gasteiger partial charge in [-0.25, -0.2) is 27.2 Å². The van der Waals surface area contributed by atoms with Gasteiger partial charge in [-0.15, -0.1) is 5.10 Å². The molecule has 0 amide bonds. The van der Waals surface area contributed by atoms with Crippen LogP contribution >= 0.6 is 0 Å². The normalized spacial score (nSPS) is 24.7. The molecule has 2 aromatic heterocycles. The molecule has 6 rings (SSSR count). The van der Waals surface area contributed by atoms with Crippen LogP contribution in [0.15, 0.2) is 18.5 Å². The summed E-state index contributed by atoms with van der Waals surface area (Å²) in [7, 11) is 0. The third kappa shape index (κ3) is 4.38. The largest absolute Gasteiger partial charge is 0.381 e. The molecular weight excluding hydrogens is 490 g/mol. The van der Waals surface area contributed by atoms with E-state index in [4.69, 9.17) is 5.73 Å². The second-order valence-electron chi connectivity index (χ2n) is 11.0. The summed E-state index contributed by atoms with van der Waals surface area (Å²) in [6.45, 7) is 3.46. The first kappa shape index (κ1) is 24.0. The quantitative estimate of drug-likeness (QED) is 0.482. The molecule has 13 heteroatoms. The maximum atomic E-state index is 15.2. The number of hydrogen-bond donors (Lipinski definition) is 2. The highest BCUT2D eigenvalue weighted by Crippen LogP contribution is 2.49. The SMILES string of the molecule is CC1(C)C[C@H](c2nc(Nc3cc(-n4cnnn4)c(C4CC4)cc3F)nc(N)c2F)C[C@@H]2CC(F)(F)CN21. The van der Waals surface area contributed by atoms with Gasteiger partial charge in [0.2, 0.25) is 5.95 Å². The lowest BCUT2D eigenvalue weighted by atomic mass is 9.78. The third-order valence-electron chi connectivity index (χ3n) is 7.72. The van der Waals surface area contributed by atoms with E-state index in [1.54, 1.807) is 6.07 Å². The molecule has 37 heavy (non-hydrogen) atoms. The molecule has 0 unspecified atom stereocenters. The average Bonchev–Trinajstić information content (AvgIpc) is 3.41. The van der Waals surface area contributed by atoms with E-state index in [0.717, 1.165) is 18.4 Å². The number of nitrogen functional groups attached to an aromatic ring is 1. The molecular formula is C24H27F4N9. The summed E-state index contributed by atoms with van der Waals surface area (Å²) in [5.74, 6) is -4.78. The number of nitrogens with one attached hydrogen (secondary N) is 1. The summed E-state index contributed by atoms with van der Waals surface area (Å²) >= 11 is 0. The van der Waals surface area contributed by atoms with E-state index in [1.165, 1.54) is 17.1 Å². The Labute approximate surface area is 210 Å². The number of halogens is 4. The predicted molar refractivity (Wildman–Crippen MR) is 127 cm³/mol. The number of alkyl halides is 2. The van der Waals surface area contributed by atoms with Gasteiger partial charge in [0.1, 0.15) is 12.1 Å². The van der Waals surface area contributed by atoms with Crippen LogP contribution in [0.3, 0.4) is 0 Å². The Kier molecular flexibility index (Phi) is 5.41. The first-order valence-corrected chi connectivity index (χ1v) is 12.3. The topological polar surface area (TPSA) is 111 Å². The molecule has 3 fully saturated rings. The van der Waals surface area contributed by atoms with Gasteiger partial charge in [-0.3, -0.25) is 4.90 Å². The zero-order chi connectivity index (χ0) is 26.1. The van der Waals surface area contributed by atoms with E-state index in [9.17, 15) is 8.78 Å². The Morgan fingerprint density at radius 3 is 2.57 bits per heavy atom. The van der Waals surface area contributed by atoms with Gasteiger partial charge in [0, 0.05) is 23.9 Å². The summed E-state index contributed by atoms with van der Waals surface area (Å²) in [4.78, 5) is 10.2. The summed E-state index contributed by atoms with van der Waals surface area (Å²) in [5, 5.41) is 14.1. The molecule has 0 spiro atoms. The number of anilines is 3. The van der Waals surface area contributed by atoms with E-state index < -0.39 is 35.1 Å². The first-order valence-electron chi connectivity index (χ1n) is 12.3. The highest BCUT2D eigenvalue weighted by Gasteiger charge is 2.53. The number of piperidine rings is 1. The summed E-state index contributed by atoms with van der Waals surface area (Å²) in [6.07, 6.45) is 3.78. The van der Waals surface area contributed by atoms with Crippen LogP contribution in [0.5, 0.6) is 0 Å². The number of nitrogens with two attached hydrogens (primary N) is 1. The maximum Gasteiger partial charge on any atom is 0.262 e. The minimum Gasteiger partial charge on any atom is -0.381 e. The van der Waals surface area contributed by atoms with Gasteiger partial charge >= 0.3 is 0 Å². The summed E-state index contributed by atoms with van der Waals surface area (Å²) < 4.78 is 60.2. The van der Waals surface area contributed by atoms with Gasteiger partial charge < -0.3 is 11.1 Å². The Morgan fingerprint density at radius 1 is 1.08 bits per heavy atom. The Balaban J connectivity index is 1.33. The zero-order valence-electron chi connectivity index (χ0n) is 20.4. The van der Waals surface area contributed by atoms with Crippen molar-refractivity contribution >= 4 is 17.5 Å². The number of nitrogens with zero attached hydrogens (tertiary/aromatic N) is 7. The van der Waals surface area contributed by atoms with Crippen molar-refractivity contribution < 1.29 is 17.6 Å². The fourth-order valence-electron chi connectivity index (χ4n) is 5.95. The Morgan fingerprint density at radius 2 is 1.86 bits per heavy atom. The van der Waals surface area contributed by atoms with Crippen LogP contribution in [0.1, 0.15) is 69.0 Å².